The van der Waals surface area contributed by atoms with Gasteiger partial charge in [0, 0.05) is 87.4 Å². The van der Waals surface area contributed by atoms with Gasteiger partial charge in [-0.3, -0.25) is 24.7 Å². The van der Waals surface area contributed by atoms with E-state index in [4.69, 9.17) is 62.3 Å². The van der Waals surface area contributed by atoms with Crippen LogP contribution >= 0.6 is 34.8 Å². The third-order valence-corrected chi connectivity index (χ3v) is 16.2. The number of hydrogen-bond donors (Lipinski definition) is 0. The van der Waals surface area contributed by atoms with E-state index in [2.05, 4.69) is 40.6 Å². The zero-order chi connectivity index (χ0) is 68.5. The van der Waals surface area contributed by atoms with Crippen molar-refractivity contribution in [2.45, 2.75) is 50.4 Å². The lowest BCUT2D eigenvalue weighted by Gasteiger charge is -2.38. The normalized spacial score (nSPS) is 16.4. The van der Waals surface area contributed by atoms with Crippen molar-refractivity contribution in [2.75, 3.05) is 80.4 Å². The second-order valence-corrected chi connectivity index (χ2v) is 23.1. The maximum absolute atomic E-state index is 16.5. The molecule has 0 bridgehead atoms. The third kappa shape index (κ3) is 15.5. The third-order valence-electron chi connectivity index (χ3n) is 15.4. The standard InChI is InChI=1S/C61H47Cl3F10N14O9/c62-38-5-9-42(10-6-38)87(29-40-7-3-34(26-75-40)51-78-81-54(96-51)60(69,70)71)58(91)85-16-20-94-49(32-85)45-25-43(11-12-46(45)64)86(28-36-2-1-33(23-47(36)65)50-77-80-53(95-50)59(66,67)68)57(90)84-15-19-93-48(31-84)37-21-39(63)24-44(22-37)88(56(89)83-13-17-92-18-14-83)30-41-8-4-35(27-76-41)52-79-82-55(97-52)61(72,73)74/h1-12,21-27,48-49H,13-20,28-32H2. The highest BCUT2D eigenvalue weighted by Crippen LogP contribution is 2.39. The molecule has 3 saturated heterocycles. The lowest BCUT2D eigenvalue weighted by atomic mass is 10.0. The number of anilines is 3. The molecule has 9 aromatic rings. The average molecular weight is 1420 g/mol. The molecule has 4 aromatic carbocycles. The van der Waals surface area contributed by atoms with E-state index in [1.807, 2.05) is 0 Å². The smallest absolute Gasteiger partial charge is 0.413 e. The second kappa shape index (κ2) is 27.9. The highest BCUT2D eigenvalue weighted by molar-refractivity contribution is 6.32. The van der Waals surface area contributed by atoms with Gasteiger partial charge in [-0.15, -0.1) is 30.6 Å². The zero-order valence-corrected chi connectivity index (χ0v) is 51.9. The lowest BCUT2D eigenvalue weighted by Crippen LogP contribution is -2.49. The quantitative estimate of drug-likeness (QED) is 0.0919. The van der Waals surface area contributed by atoms with Gasteiger partial charge in [-0.05, 0) is 103 Å². The fourth-order valence-electron chi connectivity index (χ4n) is 10.6. The molecule has 0 N–H and O–H groups in total. The average Bonchev–Trinajstić information content (AvgIpc) is 0.892. The van der Waals surface area contributed by atoms with Crippen LogP contribution < -0.4 is 14.7 Å². The van der Waals surface area contributed by atoms with E-state index >= 15 is 9.18 Å². The predicted molar refractivity (Wildman–Crippen MR) is 322 cm³/mol. The summed E-state index contributed by atoms with van der Waals surface area (Å²) >= 11 is 20.1. The molecule has 8 heterocycles. The fraction of sp³-hybridized carbons (Fsp3) is 0.295. The van der Waals surface area contributed by atoms with Crippen LogP contribution in [0.4, 0.5) is 75.3 Å². The molecule has 3 aliphatic rings. The minimum atomic E-state index is -5.00. The van der Waals surface area contributed by atoms with Gasteiger partial charge in [-0.1, -0.05) is 40.9 Å². The van der Waals surface area contributed by atoms with Crippen LogP contribution in [-0.4, -0.2) is 139 Å². The van der Waals surface area contributed by atoms with Crippen molar-refractivity contribution >= 4 is 70.0 Å². The Labute approximate surface area is 556 Å². The number of carbonyl (C=O) groups excluding carboxylic acids is 3. The van der Waals surface area contributed by atoms with Gasteiger partial charge in [0.15, 0.2) is 0 Å². The molecule has 0 radical (unpaired) electrons. The summed E-state index contributed by atoms with van der Waals surface area (Å²) < 4.78 is 169. The van der Waals surface area contributed by atoms with E-state index in [1.165, 1.54) is 97.6 Å². The van der Waals surface area contributed by atoms with Crippen molar-refractivity contribution in [2.24, 2.45) is 0 Å². The highest BCUT2D eigenvalue weighted by atomic mass is 35.5. The van der Waals surface area contributed by atoms with Gasteiger partial charge >= 0.3 is 54.3 Å². The Bertz CT molecular complexity index is 4330. The number of rotatable bonds is 14. The number of pyridine rings is 2. The maximum atomic E-state index is 16.5. The van der Waals surface area contributed by atoms with Crippen molar-refractivity contribution in [3.05, 3.63) is 182 Å². The van der Waals surface area contributed by atoms with Crippen molar-refractivity contribution in [1.29, 1.82) is 0 Å². The van der Waals surface area contributed by atoms with Crippen LogP contribution in [-0.2, 0) is 52.4 Å². The van der Waals surface area contributed by atoms with Crippen LogP contribution in [0.2, 0.25) is 15.1 Å². The van der Waals surface area contributed by atoms with Gasteiger partial charge in [0.1, 0.15) is 18.0 Å². The highest BCUT2D eigenvalue weighted by Gasteiger charge is 2.41. The summed E-state index contributed by atoms with van der Waals surface area (Å²) in [5.41, 5.74) is 1.86. The summed E-state index contributed by atoms with van der Waals surface area (Å²) in [5, 5.41) is 20.2. The predicted octanol–water partition coefficient (Wildman–Crippen LogP) is 13.6. The Kier molecular flexibility index (Phi) is 19.4. The number of ether oxygens (including phenoxy) is 3. The molecule has 0 spiro atoms. The van der Waals surface area contributed by atoms with E-state index in [0.29, 0.717) is 22.0 Å². The van der Waals surface area contributed by atoms with E-state index in [1.54, 1.807) is 41.3 Å². The van der Waals surface area contributed by atoms with Gasteiger partial charge in [0.25, 0.3) is 0 Å². The number of morpholine rings is 3. The molecule has 6 amide bonds. The zero-order valence-electron chi connectivity index (χ0n) is 49.7. The van der Waals surface area contributed by atoms with E-state index in [9.17, 15) is 49.1 Å². The van der Waals surface area contributed by atoms with E-state index in [0.717, 1.165) is 6.07 Å². The van der Waals surface area contributed by atoms with Gasteiger partial charge in [0.2, 0.25) is 17.7 Å². The Morgan fingerprint density at radius 1 is 0.474 bits per heavy atom. The van der Waals surface area contributed by atoms with Crippen LogP contribution in [0.25, 0.3) is 34.4 Å². The maximum Gasteiger partial charge on any atom is 0.470 e. The summed E-state index contributed by atoms with van der Waals surface area (Å²) in [6.07, 6.45) is -14.2. The fourth-order valence-corrected chi connectivity index (χ4v) is 11.2. The number of urea groups is 3. The summed E-state index contributed by atoms with van der Waals surface area (Å²) in [5.74, 6) is -7.26. The molecule has 2 atom stereocenters. The number of benzene rings is 4. The molecule has 0 saturated carbocycles. The molecule has 2 unspecified atom stereocenters. The second-order valence-electron chi connectivity index (χ2n) is 21.9. The molecular formula is C61H47Cl3F10N14O9. The number of aromatic nitrogens is 8. The first-order valence-corrected chi connectivity index (χ1v) is 30.2. The summed E-state index contributed by atoms with van der Waals surface area (Å²) in [7, 11) is 0. The van der Waals surface area contributed by atoms with Crippen molar-refractivity contribution in [3.8, 4) is 34.4 Å². The Morgan fingerprint density at radius 3 is 1.46 bits per heavy atom. The Balaban J connectivity index is 0.825. The number of nitrogens with zero attached hydrogens (tertiary/aromatic N) is 14. The molecule has 12 rings (SSSR count). The van der Waals surface area contributed by atoms with Crippen LogP contribution in [0.3, 0.4) is 0 Å². The summed E-state index contributed by atoms with van der Waals surface area (Å²) in [6.45, 7) is -0.311. The molecule has 23 nitrogen and oxygen atoms in total. The number of carbonyl (C=O) groups is 3. The molecule has 97 heavy (non-hydrogen) atoms. The first-order valence-electron chi connectivity index (χ1n) is 29.1. The molecule has 3 aliphatic heterocycles. The minimum absolute atomic E-state index is 0.0295. The lowest BCUT2D eigenvalue weighted by molar-refractivity contribution is -0.157. The largest absolute Gasteiger partial charge is 0.470 e. The van der Waals surface area contributed by atoms with E-state index in [-0.39, 0.29) is 134 Å². The number of alkyl halides is 9. The van der Waals surface area contributed by atoms with Gasteiger partial charge in [-0.25, -0.2) is 18.8 Å². The monoisotopic (exact) mass is 1410 g/mol. The Morgan fingerprint density at radius 2 is 0.948 bits per heavy atom. The van der Waals surface area contributed by atoms with E-state index < -0.39 is 96.5 Å². The van der Waals surface area contributed by atoms with Gasteiger partial charge in [-0.2, -0.15) is 39.5 Å². The molecular weight excluding hydrogens is 1370 g/mol. The minimum Gasteiger partial charge on any atom is -0.413 e. The number of halogens is 13. The number of hydrogen-bond acceptors (Lipinski definition) is 17. The molecule has 3 fully saturated rings. The SMILES string of the molecule is O=C(N1CCOCC1)N(Cc1ccc(-c2nnc(C(F)(F)F)o2)cn1)c1cc(Cl)cc(C2CN(C(=O)N(Cc3ccc(-c4nnc(C(F)(F)F)o4)cc3F)c3ccc(Cl)c(C4CN(C(=O)N(Cc5ccc(-c6nnc(C(F)(F)F)o6)cn5)c5ccc(Cl)cc5)CCO4)c3)CCO2)c1. The topological polar surface area (TPSA) is 241 Å². The number of amides is 6. The van der Waals surface area contributed by atoms with Gasteiger partial charge in [0.05, 0.1) is 81.7 Å². The molecule has 36 heteroatoms. The van der Waals surface area contributed by atoms with Crippen molar-refractivity contribution < 1.29 is 85.7 Å². The van der Waals surface area contributed by atoms with Crippen molar-refractivity contribution in [3.63, 3.8) is 0 Å². The van der Waals surface area contributed by atoms with Crippen molar-refractivity contribution in [1.82, 2.24) is 55.3 Å². The van der Waals surface area contributed by atoms with Gasteiger partial charge < -0.3 is 42.2 Å². The molecule has 5 aromatic heterocycles. The first kappa shape index (κ1) is 67.4. The van der Waals surface area contributed by atoms with Crippen LogP contribution in [0, 0.1) is 5.82 Å². The van der Waals surface area contributed by atoms with Crippen LogP contribution in [0.5, 0.6) is 0 Å². The summed E-state index contributed by atoms with van der Waals surface area (Å²) in [6, 6.07) is 22.9. The first-order chi connectivity index (χ1) is 46.3. The van der Waals surface area contributed by atoms with Crippen LogP contribution in [0.1, 0.15) is 58.0 Å². The summed E-state index contributed by atoms with van der Waals surface area (Å²) in [4.78, 5) is 62.0. The van der Waals surface area contributed by atoms with Crippen LogP contribution in [0.15, 0.2) is 129 Å². The molecule has 506 valence electrons. The Hall–Kier alpha value is -9.54. The molecule has 0 aliphatic carbocycles.